The molecule has 82 valence electrons. The van der Waals surface area contributed by atoms with Gasteiger partial charge in [-0.3, -0.25) is 4.79 Å². The molecule has 0 radical (unpaired) electrons. The summed E-state index contributed by atoms with van der Waals surface area (Å²) in [4.78, 5) is 11.2. The van der Waals surface area contributed by atoms with Crippen molar-refractivity contribution in [3.63, 3.8) is 0 Å². The number of esters is 1. The maximum atomic E-state index is 11.2. The molecule has 1 saturated heterocycles. The summed E-state index contributed by atoms with van der Waals surface area (Å²) < 4.78 is 10.4. The van der Waals surface area contributed by atoms with Crippen molar-refractivity contribution in [3.8, 4) is 0 Å². The second kappa shape index (κ2) is 5.32. The third-order valence-corrected chi connectivity index (χ3v) is 2.33. The predicted octanol–water partition coefficient (Wildman–Crippen LogP) is 1.22. The van der Waals surface area contributed by atoms with E-state index in [4.69, 9.17) is 9.47 Å². The molecule has 0 unspecified atom stereocenters. The van der Waals surface area contributed by atoms with Crippen molar-refractivity contribution in [3.05, 3.63) is 0 Å². The smallest absolute Gasteiger partial charge is 0.306 e. The summed E-state index contributed by atoms with van der Waals surface area (Å²) in [7, 11) is 0. The van der Waals surface area contributed by atoms with E-state index in [9.17, 15) is 9.90 Å². The zero-order valence-electron chi connectivity index (χ0n) is 8.73. The van der Waals surface area contributed by atoms with E-state index in [1.165, 1.54) is 0 Å². The van der Waals surface area contributed by atoms with Crippen LogP contribution in [0.5, 0.6) is 0 Å². The second-order valence-electron chi connectivity index (χ2n) is 3.65. The number of aliphatic hydroxyl groups is 1. The van der Waals surface area contributed by atoms with E-state index >= 15 is 0 Å². The fraction of sp³-hybridized carbons (Fsp3) is 0.900. The molecule has 0 aromatic heterocycles. The van der Waals surface area contributed by atoms with Gasteiger partial charge in [0.1, 0.15) is 6.10 Å². The van der Waals surface area contributed by atoms with Crippen molar-refractivity contribution >= 4 is 5.97 Å². The SMILES string of the molecule is CCCC(=O)O[C@@H]1CC[C@@H](O)O[C@H]1C. The minimum atomic E-state index is -0.703. The Morgan fingerprint density at radius 1 is 1.57 bits per heavy atom. The molecule has 1 N–H and O–H groups in total. The van der Waals surface area contributed by atoms with Crippen molar-refractivity contribution in [2.24, 2.45) is 0 Å². The summed E-state index contributed by atoms with van der Waals surface area (Å²) in [5, 5.41) is 9.17. The quantitative estimate of drug-likeness (QED) is 0.699. The lowest BCUT2D eigenvalue weighted by Gasteiger charge is -2.31. The molecule has 0 aliphatic carbocycles. The third-order valence-electron chi connectivity index (χ3n) is 2.33. The molecule has 1 heterocycles. The minimum Gasteiger partial charge on any atom is -0.460 e. The maximum absolute atomic E-state index is 11.2. The number of hydrogen-bond donors (Lipinski definition) is 1. The first-order valence-electron chi connectivity index (χ1n) is 5.16. The van der Waals surface area contributed by atoms with Crippen molar-refractivity contribution in [1.82, 2.24) is 0 Å². The molecule has 1 aliphatic heterocycles. The summed E-state index contributed by atoms with van der Waals surface area (Å²) in [5.74, 6) is -0.177. The highest BCUT2D eigenvalue weighted by Gasteiger charge is 2.29. The maximum Gasteiger partial charge on any atom is 0.306 e. The molecule has 0 amide bonds. The predicted molar refractivity (Wildman–Crippen MR) is 50.6 cm³/mol. The van der Waals surface area contributed by atoms with Crippen LogP contribution in [0.4, 0.5) is 0 Å². The lowest BCUT2D eigenvalue weighted by molar-refractivity contribution is -0.206. The second-order valence-corrected chi connectivity index (χ2v) is 3.65. The van der Waals surface area contributed by atoms with E-state index < -0.39 is 6.29 Å². The normalized spacial score (nSPS) is 32.6. The van der Waals surface area contributed by atoms with Crippen LogP contribution >= 0.6 is 0 Å². The summed E-state index contributed by atoms with van der Waals surface area (Å²) in [6.07, 6.45) is 1.35. The topological polar surface area (TPSA) is 55.8 Å². The average Bonchev–Trinajstić information content (AvgIpc) is 2.10. The van der Waals surface area contributed by atoms with Crippen LogP contribution in [0.1, 0.15) is 39.5 Å². The summed E-state index contributed by atoms with van der Waals surface area (Å²) in [6, 6.07) is 0. The zero-order chi connectivity index (χ0) is 10.6. The Hall–Kier alpha value is -0.610. The molecule has 0 spiro atoms. The number of rotatable bonds is 3. The first-order valence-corrected chi connectivity index (χ1v) is 5.16. The average molecular weight is 202 g/mol. The van der Waals surface area contributed by atoms with Gasteiger partial charge in [0, 0.05) is 12.8 Å². The number of ether oxygens (including phenoxy) is 2. The largest absolute Gasteiger partial charge is 0.460 e. The standard InChI is InChI=1S/C10H18O4/c1-3-4-9(11)14-8-5-6-10(12)13-7(8)2/h7-8,10,12H,3-6H2,1-2H3/t7-,8+,10-/m0/s1. The van der Waals surface area contributed by atoms with E-state index in [1.807, 2.05) is 13.8 Å². The van der Waals surface area contributed by atoms with E-state index in [2.05, 4.69) is 0 Å². The van der Waals surface area contributed by atoms with E-state index in [0.717, 1.165) is 6.42 Å². The number of carbonyl (C=O) groups excluding carboxylic acids is 1. The Labute approximate surface area is 84.2 Å². The monoisotopic (exact) mass is 202 g/mol. The van der Waals surface area contributed by atoms with Crippen LogP contribution in [-0.4, -0.2) is 29.6 Å². The van der Waals surface area contributed by atoms with Crippen LogP contribution in [-0.2, 0) is 14.3 Å². The Morgan fingerprint density at radius 2 is 2.29 bits per heavy atom. The third kappa shape index (κ3) is 3.27. The number of hydrogen-bond acceptors (Lipinski definition) is 4. The fourth-order valence-corrected chi connectivity index (χ4v) is 1.53. The van der Waals surface area contributed by atoms with Gasteiger partial charge >= 0.3 is 5.97 Å². The summed E-state index contributed by atoms with van der Waals surface area (Å²) in [6.45, 7) is 3.75. The number of carbonyl (C=O) groups is 1. The van der Waals surface area contributed by atoms with Crippen LogP contribution in [0.3, 0.4) is 0 Å². The van der Waals surface area contributed by atoms with E-state index in [1.54, 1.807) is 0 Å². The lowest BCUT2D eigenvalue weighted by Crippen LogP contribution is -2.39. The van der Waals surface area contributed by atoms with Gasteiger partial charge in [-0.05, 0) is 19.8 Å². The first kappa shape index (κ1) is 11.5. The Kier molecular flexibility index (Phi) is 4.35. The Bertz CT molecular complexity index is 193. The minimum absolute atomic E-state index is 0.177. The highest BCUT2D eigenvalue weighted by molar-refractivity contribution is 5.69. The zero-order valence-corrected chi connectivity index (χ0v) is 8.73. The molecule has 0 bridgehead atoms. The highest BCUT2D eigenvalue weighted by Crippen LogP contribution is 2.21. The molecule has 0 aromatic carbocycles. The van der Waals surface area contributed by atoms with Gasteiger partial charge < -0.3 is 14.6 Å². The molecule has 3 atom stereocenters. The van der Waals surface area contributed by atoms with Crippen LogP contribution in [0.2, 0.25) is 0 Å². The molecule has 14 heavy (non-hydrogen) atoms. The van der Waals surface area contributed by atoms with Gasteiger partial charge in [0.25, 0.3) is 0 Å². The molecule has 1 rings (SSSR count). The molecular formula is C10H18O4. The summed E-state index contributed by atoms with van der Waals surface area (Å²) >= 11 is 0. The molecule has 4 nitrogen and oxygen atoms in total. The van der Waals surface area contributed by atoms with Crippen LogP contribution in [0.15, 0.2) is 0 Å². The molecule has 0 saturated carbocycles. The molecule has 1 aliphatic rings. The van der Waals surface area contributed by atoms with Crippen molar-refractivity contribution < 1.29 is 19.4 Å². The highest BCUT2D eigenvalue weighted by atomic mass is 16.6. The van der Waals surface area contributed by atoms with Gasteiger partial charge in [-0.1, -0.05) is 6.92 Å². The van der Waals surface area contributed by atoms with Crippen molar-refractivity contribution in [1.29, 1.82) is 0 Å². The Balaban J connectivity index is 2.33. The summed E-state index contributed by atoms with van der Waals surface area (Å²) in [5.41, 5.74) is 0. The van der Waals surface area contributed by atoms with Crippen molar-refractivity contribution in [2.75, 3.05) is 0 Å². The van der Waals surface area contributed by atoms with Crippen molar-refractivity contribution in [2.45, 2.75) is 58.0 Å². The van der Waals surface area contributed by atoms with Crippen LogP contribution in [0.25, 0.3) is 0 Å². The van der Waals surface area contributed by atoms with Gasteiger partial charge in [-0.25, -0.2) is 0 Å². The first-order chi connectivity index (χ1) is 6.63. The van der Waals surface area contributed by atoms with Gasteiger partial charge in [0.15, 0.2) is 6.29 Å². The van der Waals surface area contributed by atoms with Crippen LogP contribution in [0, 0.1) is 0 Å². The molecular weight excluding hydrogens is 184 g/mol. The van der Waals surface area contributed by atoms with Gasteiger partial charge in [-0.15, -0.1) is 0 Å². The van der Waals surface area contributed by atoms with Gasteiger partial charge in [-0.2, -0.15) is 0 Å². The van der Waals surface area contributed by atoms with E-state index in [-0.39, 0.29) is 18.2 Å². The van der Waals surface area contributed by atoms with Crippen LogP contribution < -0.4 is 0 Å². The van der Waals surface area contributed by atoms with E-state index in [0.29, 0.717) is 19.3 Å². The van der Waals surface area contributed by atoms with Gasteiger partial charge in [0.05, 0.1) is 6.10 Å². The number of aliphatic hydroxyl groups excluding tert-OH is 1. The molecule has 1 fully saturated rings. The fourth-order valence-electron chi connectivity index (χ4n) is 1.53. The molecule has 0 aromatic rings. The van der Waals surface area contributed by atoms with Gasteiger partial charge in [0.2, 0.25) is 0 Å². The lowest BCUT2D eigenvalue weighted by atomic mass is 10.1. The Morgan fingerprint density at radius 3 is 2.86 bits per heavy atom. The molecule has 4 heteroatoms.